The summed E-state index contributed by atoms with van der Waals surface area (Å²) in [5.74, 6) is 5.18. The van der Waals surface area contributed by atoms with Gasteiger partial charge in [-0.05, 0) is 80.2 Å². The van der Waals surface area contributed by atoms with Crippen LogP contribution in [0.1, 0.15) is 43.8 Å². The zero-order valence-corrected chi connectivity index (χ0v) is 37.0. The van der Waals surface area contributed by atoms with Crippen LogP contribution in [0.2, 0.25) is 5.02 Å². The standard InChI is InChI=1S/C9H9NO2.C8H6ClNO.C8H7N3O.2C8H7NO.C6H9NO2.CH4/c1-6-10-8-5-7(11-2)3-4-9(8)12-6;1-5-10-7-4-6(9)2-3-8(7)11-5;1-6-10-11-8(12-6)7-2-4-9-5-3-7;2*1-6-9-7-4-2-3-5-8(7)10-6;1-3-7-5(2)9-4-6(7)8;/h3-5H,1-2H3;2-4H,1H3;2-5H,1H3;2*2-5H,1H3;2-4H2,1H3;1H4. The van der Waals surface area contributed by atoms with Crippen molar-refractivity contribution in [2.75, 3.05) is 20.3 Å². The van der Waals surface area contributed by atoms with E-state index in [9.17, 15) is 4.79 Å². The quantitative estimate of drug-likeness (QED) is 0.162. The number of amides is 1. The molecule has 0 unspecified atom stereocenters. The fourth-order valence-electron chi connectivity index (χ4n) is 5.84. The number of halogens is 1. The summed E-state index contributed by atoms with van der Waals surface area (Å²) in [6.07, 6.45) is 3.38. The van der Waals surface area contributed by atoms with E-state index in [1.54, 1.807) is 38.6 Å². The Balaban J connectivity index is 0.000000146. The summed E-state index contributed by atoms with van der Waals surface area (Å²) in [7, 11) is 1.63. The minimum absolute atomic E-state index is 0. The van der Waals surface area contributed by atoms with Crippen molar-refractivity contribution in [3.05, 3.63) is 156 Å². The molecule has 11 rings (SSSR count). The number of aromatic nitrogens is 7. The summed E-state index contributed by atoms with van der Waals surface area (Å²) in [5, 5.41) is 8.28. The molecule has 0 N–H and O–H groups in total. The number of para-hydroxylation sites is 4. The number of fused-ring (bicyclic) bond motifs is 4. The molecule has 0 aliphatic carbocycles. The van der Waals surface area contributed by atoms with Gasteiger partial charge in [0.1, 0.15) is 27.8 Å². The van der Waals surface area contributed by atoms with E-state index in [1.165, 1.54) is 4.90 Å². The highest BCUT2D eigenvalue weighted by molar-refractivity contribution is 6.31. The first kappa shape index (κ1) is 48.2. The number of ether oxygens (including phenoxy) is 2. The van der Waals surface area contributed by atoms with E-state index in [-0.39, 0.29) is 19.9 Å². The van der Waals surface area contributed by atoms with Crippen molar-refractivity contribution in [2.24, 2.45) is 0 Å². The Morgan fingerprint density at radius 2 is 1.12 bits per heavy atom. The maximum atomic E-state index is 10.8. The molecular formula is C48H49ClN8O8. The lowest BCUT2D eigenvalue weighted by Crippen LogP contribution is -2.23. The minimum atomic E-state index is 0. The first-order valence-electron chi connectivity index (χ1n) is 19.8. The molecule has 1 amide bonds. The van der Waals surface area contributed by atoms with E-state index in [2.05, 4.69) is 41.7 Å². The number of likely N-dealkylation sites (N-methyl/N-ethyl adjacent to an activating group) is 1. The zero-order chi connectivity index (χ0) is 45.6. The third-order valence-electron chi connectivity index (χ3n) is 8.69. The smallest absolute Gasteiger partial charge is 0.267 e. The highest BCUT2D eigenvalue weighted by Crippen LogP contribution is 2.22. The number of hydrogen-bond acceptors (Lipinski definition) is 15. The fraction of sp³-hybridized carbons (Fsp3) is 0.208. The summed E-state index contributed by atoms with van der Waals surface area (Å²) in [4.78, 5) is 32.7. The number of hydrogen-bond donors (Lipinski definition) is 0. The van der Waals surface area contributed by atoms with E-state index in [1.807, 2.05) is 120 Å². The third-order valence-corrected chi connectivity index (χ3v) is 8.93. The van der Waals surface area contributed by atoms with Gasteiger partial charge >= 0.3 is 0 Å². The molecule has 65 heavy (non-hydrogen) atoms. The maximum Gasteiger partial charge on any atom is 0.267 e. The van der Waals surface area contributed by atoms with Crippen molar-refractivity contribution in [1.82, 2.24) is 40.0 Å². The summed E-state index contributed by atoms with van der Waals surface area (Å²) in [5.41, 5.74) is 7.72. The Labute approximate surface area is 379 Å². The Hall–Kier alpha value is -7.85. The highest BCUT2D eigenvalue weighted by Gasteiger charge is 2.23. The van der Waals surface area contributed by atoms with Crippen molar-refractivity contribution in [2.45, 2.75) is 49.0 Å². The maximum absolute atomic E-state index is 10.8. The topological polar surface area (TPSA) is 195 Å². The van der Waals surface area contributed by atoms with Crippen molar-refractivity contribution < 1.29 is 36.4 Å². The molecule has 0 bridgehead atoms. The first-order chi connectivity index (χ1) is 30.9. The highest BCUT2D eigenvalue weighted by atomic mass is 35.5. The molecule has 0 atom stereocenters. The van der Waals surface area contributed by atoms with Gasteiger partial charge in [-0.1, -0.05) is 43.3 Å². The Bertz CT molecular complexity index is 2930. The van der Waals surface area contributed by atoms with Crippen LogP contribution in [0.15, 0.2) is 144 Å². The van der Waals surface area contributed by atoms with Gasteiger partial charge in [0, 0.05) is 70.2 Å². The number of oxazole rings is 4. The molecule has 6 aromatic heterocycles. The molecule has 17 heteroatoms. The SMILES string of the molecule is C.C=C1OCC(=O)N1CC.COc1ccc2oc(C)nc2c1.Cc1nc2cc(Cl)ccc2o1.Cc1nc2ccccc2o1.Cc1nc2ccccc2o1.Cc1nnc(-c2ccncc2)o1. The number of carbonyl (C=O) groups excluding carboxylic acids is 1. The van der Waals surface area contributed by atoms with Crippen LogP contribution < -0.4 is 4.74 Å². The number of methoxy groups -OCH3 is 1. The van der Waals surface area contributed by atoms with Crippen LogP contribution in [-0.2, 0) is 9.53 Å². The number of benzene rings is 4. The van der Waals surface area contributed by atoms with Crippen LogP contribution in [-0.4, -0.2) is 66.2 Å². The number of rotatable bonds is 3. The molecular weight excluding hydrogens is 852 g/mol. The van der Waals surface area contributed by atoms with Crippen LogP contribution in [0.3, 0.4) is 0 Å². The molecule has 1 fully saturated rings. The number of carbonyl (C=O) groups is 1. The molecule has 1 aliphatic heterocycles. The summed E-state index contributed by atoms with van der Waals surface area (Å²) in [6.45, 7) is 15.3. The lowest BCUT2D eigenvalue weighted by atomic mass is 10.3. The van der Waals surface area contributed by atoms with Crippen molar-refractivity contribution in [3.63, 3.8) is 0 Å². The second-order valence-corrected chi connectivity index (χ2v) is 13.9. The van der Waals surface area contributed by atoms with Crippen LogP contribution in [0.5, 0.6) is 5.75 Å². The van der Waals surface area contributed by atoms with Gasteiger partial charge in [0.25, 0.3) is 5.91 Å². The molecule has 7 heterocycles. The van der Waals surface area contributed by atoms with Crippen molar-refractivity contribution in [1.29, 1.82) is 0 Å². The van der Waals surface area contributed by atoms with Gasteiger partial charge in [0.05, 0.1) is 7.11 Å². The second kappa shape index (κ2) is 23.0. The van der Waals surface area contributed by atoms with Crippen LogP contribution in [0.25, 0.3) is 55.9 Å². The second-order valence-electron chi connectivity index (χ2n) is 13.5. The van der Waals surface area contributed by atoms with Gasteiger partial charge < -0.3 is 31.6 Å². The van der Waals surface area contributed by atoms with E-state index in [0.717, 1.165) is 67.5 Å². The van der Waals surface area contributed by atoms with Crippen molar-refractivity contribution >= 4 is 61.9 Å². The fourth-order valence-corrected chi connectivity index (χ4v) is 6.01. The van der Waals surface area contributed by atoms with Gasteiger partial charge in [0.15, 0.2) is 58.4 Å². The summed E-state index contributed by atoms with van der Waals surface area (Å²) < 4.78 is 36.2. The largest absolute Gasteiger partial charge is 0.497 e. The van der Waals surface area contributed by atoms with Crippen molar-refractivity contribution in [3.8, 4) is 17.2 Å². The normalized spacial score (nSPS) is 11.4. The molecule has 10 aromatic rings. The lowest BCUT2D eigenvalue weighted by Gasteiger charge is -2.09. The Morgan fingerprint density at radius 1 is 0.631 bits per heavy atom. The third kappa shape index (κ3) is 13.6. The van der Waals surface area contributed by atoms with E-state index in [4.69, 9.17) is 43.2 Å². The molecule has 0 radical (unpaired) electrons. The average molecular weight is 901 g/mol. The molecule has 0 spiro atoms. The van der Waals surface area contributed by atoms with Gasteiger partial charge in [0.2, 0.25) is 11.8 Å². The van der Waals surface area contributed by atoms with E-state index >= 15 is 0 Å². The van der Waals surface area contributed by atoms with Crippen LogP contribution in [0.4, 0.5) is 0 Å². The van der Waals surface area contributed by atoms with Crippen LogP contribution >= 0.6 is 11.6 Å². The Morgan fingerprint density at radius 3 is 1.57 bits per heavy atom. The minimum Gasteiger partial charge on any atom is -0.497 e. The average Bonchev–Trinajstić information content (AvgIpc) is 4.16. The van der Waals surface area contributed by atoms with Gasteiger partial charge in [-0.25, -0.2) is 19.9 Å². The zero-order valence-electron chi connectivity index (χ0n) is 36.2. The molecule has 1 saturated heterocycles. The van der Waals surface area contributed by atoms with Gasteiger partial charge in [-0.2, -0.15) is 0 Å². The summed E-state index contributed by atoms with van der Waals surface area (Å²) >= 11 is 5.75. The molecule has 4 aromatic carbocycles. The first-order valence-corrected chi connectivity index (χ1v) is 20.2. The predicted octanol–water partition coefficient (Wildman–Crippen LogP) is 11.6. The number of pyridine rings is 1. The van der Waals surface area contributed by atoms with E-state index in [0.29, 0.717) is 41.0 Å². The number of nitrogens with zero attached hydrogens (tertiary/aromatic N) is 8. The molecule has 16 nitrogen and oxygen atoms in total. The van der Waals surface area contributed by atoms with Gasteiger partial charge in [-0.3, -0.25) is 14.7 Å². The summed E-state index contributed by atoms with van der Waals surface area (Å²) in [6, 6.07) is 30.1. The molecule has 1 aliphatic rings. The molecule has 336 valence electrons. The number of aryl methyl sites for hydroxylation is 5. The van der Waals surface area contributed by atoms with Crippen LogP contribution in [0, 0.1) is 34.6 Å². The van der Waals surface area contributed by atoms with Gasteiger partial charge in [-0.15, -0.1) is 10.2 Å². The monoisotopic (exact) mass is 900 g/mol. The lowest BCUT2D eigenvalue weighted by molar-refractivity contribution is -0.126. The predicted molar refractivity (Wildman–Crippen MR) is 248 cm³/mol. The Kier molecular flexibility index (Phi) is 17.1. The molecule has 0 saturated carbocycles. The van der Waals surface area contributed by atoms with E-state index < -0.39 is 0 Å².